The lowest BCUT2D eigenvalue weighted by atomic mass is 10.1. The fraction of sp³-hybridized carbons (Fsp3) is 0.125. The summed E-state index contributed by atoms with van der Waals surface area (Å²) in [4.78, 5) is 15.2. The molecule has 0 saturated carbocycles. The summed E-state index contributed by atoms with van der Waals surface area (Å²) >= 11 is 5.37. The zero-order valence-corrected chi connectivity index (χ0v) is 12.7. The highest BCUT2D eigenvalue weighted by atomic mass is 32.1. The van der Waals surface area contributed by atoms with Gasteiger partial charge in [-0.2, -0.15) is 0 Å². The summed E-state index contributed by atoms with van der Waals surface area (Å²) in [6.07, 6.45) is 0. The number of fused-ring (bicyclic) bond motifs is 1. The predicted octanol–water partition coefficient (Wildman–Crippen LogP) is 4.36. The smallest absolute Gasteiger partial charge is 0.270 e. The van der Waals surface area contributed by atoms with Gasteiger partial charge in [0.05, 0.1) is 16.1 Å². The third-order valence-corrected chi connectivity index (χ3v) is 3.85. The molecule has 5 nitrogen and oxygen atoms in total. The summed E-state index contributed by atoms with van der Waals surface area (Å²) in [6.45, 7) is 2.63. The van der Waals surface area contributed by atoms with E-state index in [-0.39, 0.29) is 5.69 Å². The van der Waals surface area contributed by atoms with Crippen LogP contribution in [0.5, 0.6) is 0 Å². The molecule has 2 aromatic carbocycles. The Labute approximate surface area is 132 Å². The van der Waals surface area contributed by atoms with E-state index in [1.54, 1.807) is 12.1 Å². The second kappa shape index (κ2) is 5.65. The maximum Gasteiger partial charge on any atom is 0.270 e. The first-order chi connectivity index (χ1) is 10.6. The molecule has 3 aromatic rings. The molecule has 0 N–H and O–H groups in total. The first-order valence-corrected chi connectivity index (χ1v) is 7.27. The largest absolute Gasteiger partial charge is 0.317 e. The Bertz CT molecular complexity index is 920. The maximum absolute atomic E-state index is 11.1. The third kappa shape index (κ3) is 2.37. The van der Waals surface area contributed by atoms with Crippen molar-refractivity contribution in [3.8, 4) is 11.3 Å². The molecule has 0 atom stereocenters. The van der Waals surface area contributed by atoms with Crippen molar-refractivity contribution >= 4 is 28.8 Å². The van der Waals surface area contributed by atoms with Crippen LogP contribution in [0.2, 0.25) is 0 Å². The summed E-state index contributed by atoms with van der Waals surface area (Å²) in [6, 6.07) is 14.4. The van der Waals surface area contributed by atoms with Crippen LogP contribution in [0, 0.1) is 14.9 Å². The molecule has 0 bridgehead atoms. The third-order valence-electron chi connectivity index (χ3n) is 3.54. The number of nitrogens with zero attached hydrogens (tertiary/aromatic N) is 3. The van der Waals surface area contributed by atoms with Gasteiger partial charge in [0.25, 0.3) is 5.69 Å². The zero-order valence-electron chi connectivity index (χ0n) is 11.9. The SMILES string of the molecule is CCn1c(=S)nc(-c2ccccc2)c2cc([N+](=O)[O-])ccc21. The minimum absolute atomic E-state index is 0.0475. The quantitative estimate of drug-likeness (QED) is 0.409. The molecule has 110 valence electrons. The van der Waals surface area contributed by atoms with Gasteiger partial charge in [-0.3, -0.25) is 10.1 Å². The molecule has 0 aliphatic rings. The second-order valence-corrected chi connectivity index (χ2v) is 5.18. The molecule has 0 unspecified atom stereocenters. The van der Waals surface area contributed by atoms with Gasteiger partial charge in [0.1, 0.15) is 0 Å². The molecular weight excluding hydrogens is 298 g/mol. The molecule has 0 aliphatic carbocycles. The average Bonchev–Trinajstić information content (AvgIpc) is 2.54. The second-order valence-electron chi connectivity index (χ2n) is 4.81. The standard InChI is InChI=1S/C16H13N3O2S/c1-2-18-14-9-8-12(19(20)21)10-13(14)15(17-16(18)22)11-6-4-3-5-7-11/h3-10H,2H2,1H3. The van der Waals surface area contributed by atoms with Gasteiger partial charge in [0, 0.05) is 29.6 Å². The van der Waals surface area contributed by atoms with Crippen molar-refractivity contribution in [2.75, 3.05) is 0 Å². The van der Waals surface area contributed by atoms with Crippen LogP contribution in [-0.2, 0) is 6.54 Å². The summed E-state index contributed by atoms with van der Waals surface area (Å²) in [5, 5.41) is 11.8. The van der Waals surface area contributed by atoms with Gasteiger partial charge in [0.2, 0.25) is 4.77 Å². The molecule has 3 rings (SSSR count). The van der Waals surface area contributed by atoms with Crippen molar-refractivity contribution in [3.63, 3.8) is 0 Å². The predicted molar refractivity (Wildman–Crippen MR) is 88.3 cm³/mol. The summed E-state index contributed by atoms with van der Waals surface area (Å²) < 4.78 is 2.35. The van der Waals surface area contributed by atoms with E-state index >= 15 is 0 Å². The lowest BCUT2D eigenvalue weighted by molar-refractivity contribution is -0.384. The molecule has 1 heterocycles. The molecule has 0 spiro atoms. The van der Waals surface area contributed by atoms with Crippen LogP contribution in [0.3, 0.4) is 0 Å². The van der Waals surface area contributed by atoms with Crippen LogP contribution in [0.15, 0.2) is 48.5 Å². The van der Waals surface area contributed by atoms with Crippen LogP contribution >= 0.6 is 12.2 Å². The van der Waals surface area contributed by atoms with Gasteiger partial charge in [-0.1, -0.05) is 30.3 Å². The molecule has 22 heavy (non-hydrogen) atoms. The average molecular weight is 311 g/mol. The monoisotopic (exact) mass is 311 g/mol. The number of nitro benzene ring substituents is 1. The fourth-order valence-electron chi connectivity index (χ4n) is 2.50. The van der Waals surface area contributed by atoms with Crippen LogP contribution in [0.1, 0.15) is 6.92 Å². The van der Waals surface area contributed by atoms with Crippen LogP contribution < -0.4 is 0 Å². The Hall–Kier alpha value is -2.60. The topological polar surface area (TPSA) is 61.0 Å². The number of non-ortho nitro benzene ring substituents is 1. The van der Waals surface area contributed by atoms with E-state index in [1.165, 1.54) is 6.07 Å². The van der Waals surface area contributed by atoms with Crippen LogP contribution in [-0.4, -0.2) is 14.5 Å². The highest BCUT2D eigenvalue weighted by molar-refractivity contribution is 7.71. The van der Waals surface area contributed by atoms with Crippen molar-refractivity contribution in [2.24, 2.45) is 0 Å². The highest BCUT2D eigenvalue weighted by Gasteiger charge is 2.14. The van der Waals surface area contributed by atoms with E-state index in [0.717, 1.165) is 16.5 Å². The maximum atomic E-state index is 11.1. The van der Waals surface area contributed by atoms with Crippen molar-refractivity contribution in [2.45, 2.75) is 13.5 Å². The van der Waals surface area contributed by atoms with Crippen molar-refractivity contribution < 1.29 is 4.92 Å². The molecule has 0 saturated heterocycles. The van der Waals surface area contributed by atoms with E-state index in [1.807, 2.05) is 41.8 Å². The van der Waals surface area contributed by atoms with Crippen LogP contribution in [0.4, 0.5) is 5.69 Å². The number of nitro groups is 1. The lowest BCUT2D eigenvalue weighted by Gasteiger charge is -2.12. The minimum Gasteiger partial charge on any atom is -0.317 e. The van der Waals surface area contributed by atoms with E-state index in [0.29, 0.717) is 17.0 Å². The summed E-state index contributed by atoms with van der Waals surface area (Å²) in [5.41, 5.74) is 2.47. The first-order valence-electron chi connectivity index (χ1n) is 6.86. The first kappa shape index (κ1) is 14.3. The lowest BCUT2D eigenvalue weighted by Crippen LogP contribution is -2.04. The molecule has 0 aliphatic heterocycles. The number of hydrogen-bond donors (Lipinski definition) is 0. The number of benzene rings is 2. The Morgan fingerprint density at radius 3 is 2.59 bits per heavy atom. The van der Waals surface area contributed by atoms with Crippen molar-refractivity contribution in [1.82, 2.24) is 9.55 Å². The van der Waals surface area contributed by atoms with Gasteiger partial charge in [-0.05, 0) is 25.2 Å². The number of hydrogen-bond acceptors (Lipinski definition) is 4. The van der Waals surface area contributed by atoms with Gasteiger partial charge < -0.3 is 4.57 Å². The van der Waals surface area contributed by atoms with Crippen molar-refractivity contribution in [3.05, 3.63) is 63.4 Å². The zero-order chi connectivity index (χ0) is 15.7. The van der Waals surface area contributed by atoms with Crippen molar-refractivity contribution in [1.29, 1.82) is 0 Å². The van der Waals surface area contributed by atoms with E-state index < -0.39 is 4.92 Å². The van der Waals surface area contributed by atoms with Gasteiger partial charge in [0.15, 0.2) is 0 Å². The fourth-order valence-corrected chi connectivity index (χ4v) is 2.82. The molecule has 0 radical (unpaired) electrons. The van der Waals surface area contributed by atoms with E-state index in [4.69, 9.17) is 12.2 Å². The number of rotatable bonds is 3. The molecule has 0 amide bonds. The van der Waals surface area contributed by atoms with E-state index in [2.05, 4.69) is 4.98 Å². The van der Waals surface area contributed by atoms with E-state index in [9.17, 15) is 10.1 Å². The van der Waals surface area contributed by atoms with Gasteiger partial charge in [-0.25, -0.2) is 4.98 Å². The summed E-state index contributed by atoms with van der Waals surface area (Å²) in [5.74, 6) is 0. The Kier molecular flexibility index (Phi) is 3.68. The molecule has 0 fully saturated rings. The highest BCUT2D eigenvalue weighted by Crippen LogP contribution is 2.29. The Morgan fingerprint density at radius 1 is 1.23 bits per heavy atom. The Morgan fingerprint density at radius 2 is 1.95 bits per heavy atom. The number of aryl methyl sites for hydroxylation is 1. The molecule has 6 heteroatoms. The minimum atomic E-state index is -0.397. The van der Waals surface area contributed by atoms with Gasteiger partial charge in [-0.15, -0.1) is 0 Å². The normalized spacial score (nSPS) is 10.8. The molecule has 1 aromatic heterocycles. The Balaban J connectivity index is 2.43. The number of aromatic nitrogens is 2. The molecular formula is C16H13N3O2S. The van der Waals surface area contributed by atoms with Gasteiger partial charge >= 0.3 is 0 Å². The van der Waals surface area contributed by atoms with Crippen LogP contribution in [0.25, 0.3) is 22.2 Å². The summed E-state index contributed by atoms with van der Waals surface area (Å²) in [7, 11) is 0.